The van der Waals surface area contributed by atoms with Crippen molar-refractivity contribution >= 4 is 32.9 Å². The molecule has 0 aliphatic rings. The number of hydrogen-bond donors (Lipinski definition) is 3. The number of H-pyrrole nitrogens is 1. The zero-order valence-corrected chi connectivity index (χ0v) is 17.4. The fraction of sp³-hybridized carbons (Fsp3) is 0.389. The van der Waals surface area contributed by atoms with Gasteiger partial charge in [0.15, 0.2) is 9.84 Å². The predicted molar refractivity (Wildman–Crippen MR) is 112 cm³/mol. The van der Waals surface area contributed by atoms with E-state index in [0.717, 1.165) is 12.7 Å². The van der Waals surface area contributed by atoms with Gasteiger partial charge in [-0.1, -0.05) is 13.3 Å². The van der Waals surface area contributed by atoms with E-state index in [1.54, 1.807) is 0 Å². The maximum Gasteiger partial charge on any atom is 0.330 e. The third kappa shape index (κ3) is 5.47. The first-order chi connectivity index (χ1) is 13.5. The summed E-state index contributed by atoms with van der Waals surface area (Å²) in [5.41, 5.74) is 5.20. The molecular formula is C18H25N5O5S. The Labute approximate surface area is 168 Å². The first kappa shape index (κ1) is 22.2. The van der Waals surface area contributed by atoms with Crippen molar-refractivity contribution in [2.45, 2.75) is 31.2 Å². The first-order valence-electron chi connectivity index (χ1n) is 8.98. The molecule has 4 N–H and O–H groups in total. The van der Waals surface area contributed by atoms with Crippen LogP contribution >= 0.6 is 0 Å². The molecule has 0 spiro atoms. The number of nitrogens with two attached hydrogens (primary N) is 1. The summed E-state index contributed by atoms with van der Waals surface area (Å²) in [4.78, 5) is 40.3. The molecule has 29 heavy (non-hydrogen) atoms. The van der Waals surface area contributed by atoms with Crippen molar-refractivity contribution in [1.82, 2.24) is 9.55 Å². The fourth-order valence-electron chi connectivity index (χ4n) is 2.76. The number of likely N-dealkylation sites (N-methyl/N-ethyl adjacent to an activating group) is 1. The smallest absolute Gasteiger partial charge is 0.330 e. The summed E-state index contributed by atoms with van der Waals surface area (Å²) < 4.78 is 24.3. The minimum atomic E-state index is -3.33. The second kappa shape index (κ2) is 8.95. The molecule has 1 heterocycles. The molecule has 2 aromatic rings. The van der Waals surface area contributed by atoms with Gasteiger partial charge >= 0.3 is 5.69 Å². The number of amides is 1. The number of hydrogen-bond acceptors (Lipinski definition) is 7. The first-order valence-corrected chi connectivity index (χ1v) is 10.9. The van der Waals surface area contributed by atoms with Gasteiger partial charge in [-0.2, -0.15) is 0 Å². The van der Waals surface area contributed by atoms with Gasteiger partial charge in [-0.05, 0) is 30.7 Å². The Morgan fingerprint density at radius 2 is 1.86 bits per heavy atom. The minimum Gasteiger partial charge on any atom is -0.383 e. The monoisotopic (exact) mass is 423 g/mol. The van der Waals surface area contributed by atoms with E-state index >= 15 is 0 Å². The average Bonchev–Trinajstić information content (AvgIpc) is 2.60. The summed E-state index contributed by atoms with van der Waals surface area (Å²) in [5.74, 6) is -0.440. The molecule has 0 atom stereocenters. The molecule has 1 aromatic heterocycles. The summed E-state index contributed by atoms with van der Waals surface area (Å²) in [5, 5.41) is 2.62. The molecule has 0 bridgehead atoms. The van der Waals surface area contributed by atoms with E-state index < -0.39 is 27.0 Å². The van der Waals surface area contributed by atoms with Crippen LogP contribution < -0.4 is 27.2 Å². The van der Waals surface area contributed by atoms with Crippen LogP contribution in [0.25, 0.3) is 0 Å². The Morgan fingerprint density at radius 3 is 2.41 bits per heavy atom. The molecule has 10 nitrogen and oxygen atoms in total. The maximum atomic E-state index is 12.3. The SMILES string of the molecule is CCCCn1c(N)c(N(C)CC(=O)Nc2ccc(S(C)(=O)=O)cc2)c(=O)[nH]c1=O. The van der Waals surface area contributed by atoms with Gasteiger partial charge in [-0.15, -0.1) is 0 Å². The van der Waals surface area contributed by atoms with E-state index in [1.165, 1.54) is 40.8 Å². The van der Waals surface area contributed by atoms with Gasteiger partial charge in [0, 0.05) is 25.5 Å². The number of aromatic amines is 1. The molecule has 0 aliphatic carbocycles. The lowest BCUT2D eigenvalue weighted by atomic mass is 10.3. The van der Waals surface area contributed by atoms with Gasteiger partial charge in [-0.3, -0.25) is 19.1 Å². The highest BCUT2D eigenvalue weighted by molar-refractivity contribution is 7.90. The van der Waals surface area contributed by atoms with Crippen LogP contribution in [0.4, 0.5) is 17.2 Å². The number of sulfone groups is 1. The number of carbonyl (C=O) groups excluding carboxylic acids is 1. The summed E-state index contributed by atoms with van der Waals surface area (Å²) in [6.45, 7) is 2.12. The van der Waals surface area contributed by atoms with Crippen LogP contribution in [0.5, 0.6) is 0 Å². The third-order valence-corrected chi connectivity index (χ3v) is 5.41. The second-order valence-electron chi connectivity index (χ2n) is 6.70. The minimum absolute atomic E-state index is 0.00000493. The highest BCUT2D eigenvalue weighted by Gasteiger charge is 2.18. The van der Waals surface area contributed by atoms with E-state index in [1.807, 2.05) is 6.92 Å². The normalized spacial score (nSPS) is 11.3. The molecular weight excluding hydrogens is 398 g/mol. The van der Waals surface area contributed by atoms with Crippen molar-refractivity contribution in [2.75, 3.05) is 35.8 Å². The summed E-state index contributed by atoms with van der Waals surface area (Å²) in [6.07, 6.45) is 2.65. The van der Waals surface area contributed by atoms with Gasteiger partial charge in [0.05, 0.1) is 11.4 Å². The standard InChI is InChI=1S/C18H25N5O5S/c1-4-5-10-23-16(19)15(17(25)21-18(23)26)22(2)11-14(24)20-12-6-8-13(9-7-12)29(3,27)28/h6-9H,4-5,10-11,19H2,1-3H3,(H,20,24)(H,21,25,26). The van der Waals surface area contributed by atoms with Crippen LogP contribution in [0.15, 0.2) is 38.8 Å². The molecule has 2 rings (SSSR count). The third-order valence-electron chi connectivity index (χ3n) is 4.28. The predicted octanol–water partition coefficient (Wildman–Crippen LogP) is 0.397. The number of nitrogen functional groups attached to an aromatic ring is 1. The molecule has 0 saturated heterocycles. The number of aromatic nitrogens is 2. The average molecular weight is 423 g/mol. The summed E-state index contributed by atoms with van der Waals surface area (Å²) >= 11 is 0. The molecule has 0 unspecified atom stereocenters. The number of unbranched alkanes of at least 4 members (excludes halogenated alkanes) is 1. The van der Waals surface area contributed by atoms with Crippen LogP contribution in [0.3, 0.4) is 0 Å². The Hall–Kier alpha value is -3.08. The largest absolute Gasteiger partial charge is 0.383 e. The lowest BCUT2D eigenvalue weighted by Gasteiger charge is -2.21. The zero-order chi connectivity index (χ0) is 21.8. The van der Waals surface area contributed by atoms with Crippen molar-refractivity contribution in [1.29, 1.82) is 0 Å². The van der Waals surface area contributed by atoms with Crippen LogP contribution in [0.1, 0.15) is 19.8 Å². The van der Waals surface area contributed by atoms with Crippen molar-refractivity contribution in [2.24, 2.45) is 0 Å². The Balaban J connectivity index is 2.17. The Bertz CT molecular complexity index is 1100. The maximum absolute atomic E-state index is 12.3. The Morgan fingerprint density at radius 1 is 1.24 bits per heavy atom. The number of nitrogens with one attached hydrogen (secondary N) is 2. The number of anilines is 3. The Kier molecular flexibility index (Phi) is 6.85. The van der Waals surface area contributed by atoms with Gasteiger partial charge in [0.1, 0.15) is 11.5 Å². The molecule has 0 fully saturated rings. The molecule has 1 aromatic carbocycles. The van der Waals surface area contributed by atoms with Crippen LogP contribution in [0, 0.1) is 0 Å². The topological polar surface area (TPSA) is 147 Å². The van der Waals surface area contributed by atoms with Crippen molar-refractivity contribution in [3.05, 3.63) is 45.1 Å². The van der Waals surface area contributed by atoms with Crippen LogP contribution in [-0.2, 0) is 21.2 Å². The van der Waals surface area contributed by atoms with Crippen LogP contribution in [-0.4, -0.2) is 43.7 Å². The summed E-state index contributed by atoms with van der Waals surface area (Å²) in [6, 6.07) is 5.72. The van der Waals surface area contributed by atoms with E-state index in [0.29, 0.717) is 18.7 Å². The highest BCUT2D eigenvalue weighted by Crippen LogP contribution is 2.17. The van der Waals surface area contributed by atoms with Gasteiger partial charge in [0.2, 0.25) is 5.91 Å². The number of nitrogens with zero attached hydrogens (tertiary/aromatic N) is 2. The molecule has 0 saturated carbocycles. The van der Waals surface area contributed by atoms with Crippen molar-refractivity contribution in [3.63, 3.8) is 0 Å². The molecule has 11 heteroatoms. The molecule has 158 valence electrons. The lowest BCUT2D eigenvalue weighted by molar-refractivity contribution is -0.114. The number of rotatable bonds is 8. The van der Waals surface area contributed by atoms with E-state index in [-0.39, 0.29) is 22.9 Å². The number of carbonyl (C=O) groups is 1. The van der Waals surface area contributed by atoms with Gasteiger partial charge < -0.3 is 16.0 Å². The number of benzene rings is 1. The van der Waals surface area contributed by atoms with Gasteiger partial charge in [-0.25, -0.2) is 13.2 Å². The molecule has 0 radical (unpaired) electrons. The van der Waals surface area contributed by atoms with Gasteiger partial charge in [0.25, 0.3) is 5.56 Å². The van der Waals surface area contributed by atoms with Crippen molar-refractivity contribution in [3.8, 4) is 0 Å². The van der Waals surface area contributed by atoms with E-state index in [9.17, 15) is 22.8 Å². The summed E-state index contributed by atoms with van der Waals surface area (Å²) in [7, 11) is -1.81. The molecule has 0 aliphatic heterocycles. The lowest BCUT2D eigenvalue weighted by Crippen LogP contribution is -2.39. The zero-order valence-electron chi connectivity index (χ0n) is 16.6. The highest BCUT2D eigenvalue weighted by atomic mass is 32.2. The van der Waals surface area contributed by atoms with E-state index in [4.69, 9.17) is 5.73 Å². The fourth-order valence-corrected chi connectivity index (χ4v) is 3.40. The second-order valence-corrected chi connectivity index (χ2v) is 8.71. The van der Waals surface area contributed by atoms with Crippen LogP contribution in [0.2, 0.25) is 0 Å². The molecule has 1 amide bonds. The van der Waals surface area contributed by atoms with Crippen molar-refractivity contribution < 1.29 is 13.2 Å². The quantitative estimate of drug-likeness (QED) is 0.556. The van der Waals surface area contributed by atoms with E-state index in [2.05, 4.69) is 10.3 Å².